The first-order valence-electron chi connectivity index (χ1n) is 7.62. The highest BCUT2D eigenvalue weighted by Crippen LogP contribution is 2.25. The van der Waals surface area contributed by atoms with E-state index in [1.165, 1.54) is 0 Å². The smallest absolute Gasteiger partial charge is 0.276 e. The first kappa shape index (κ1) is 15.7. The average Bonchev–Trinajstić information content (AvgIpc) is 3.36. The number of hydrogen-bond acceptors (Lipinski definition) is 5. The number of nitrogens with one attached hydrogen (secondary N) is 2. The van der Waals surface area contributed by atoms with Crippen molar-refractivity contribution in [1.29, 1.82) is 0 Å². The van der Waals surface area contributed by atoms with E-state index in [-0.39, 0.29) is 5.91 Å². The first-order valence-corrected chi connectivity index (χ1v) is 9.38. The zero-order valence-electron chi connectivity index (χ0n) is 13.3. The lowest BCUT2D eigenvalue weighted by molar-refractivity contribution is 0.102. The number of carbonyl (C=O) groups excluding carboxylic acids is 1. The van der Waals surface area contributed by atoms with Gasteiger partial charge < -0.3 is 5.32 Å². The van der Waals surface area contributed by atoms with Crippen molar-refractivity contribution in [3.8, 4) is 21.8 Å². The molecule has 3 heterocycles. The fraction of sp³-hybridized carbons (Fsp3) is 0.0556. The molecule has 3 aromatic heterocycles. The summed E-state index contributed by atoms with van der Waals surface area (Å²) < 4.78 is 0. The number of thiazole rings is 1. The summed E-state index contributed by atoms with van der Waals surface area (Å²) in [6.07, 6.45) is 0. The zero-order valence-corrected chi connectivity index (χ0v) is 14.9. The second-order valence-corrected chi connectivity index (χ2v) is 7.44. The highest BCUT2D eigenvalue weighted by molar-refractivity contribution is 7.13. The number of aromatic amines is 1. The van der Waals surface area contributed by atoms with Crippen molar-refractivity contribution in [2.24, 2.45) is 0 Å². The molecule has 0 aliphatic rings. The van der Waals surface area contributed by atoms with Crippen LogP contribution in [-0.4, -0.2) is 21.1 Å². The third-order valence-corrected chi connectivity index (χ3v) is 5.33. The third-order valence-electron chi connectivity index (χ3n) is 3.65. The number of H-pyrrole nitrogens is 1. The summed E-state index contributed by atoms with van der Waals surface area (Å²) >= 11 is 3.22. The lowest BCUT2D eigenvalue weighted by atomic mass is 10.1. The van der Waals surface area contributed by atoms with Crippen LogP contribution in [0.15, 0.2) is 53.2 Å². The summed E-state index contributed by atoms with van der Waals surface area (Å²) in [5.41, 5.74) is 3.91. The standard InChI is InChI=1S/C18H14N4OS2/c1-11-19-16(10-25-11)12-4-6-13(7-5-12)20-18(23)15-9-14(21-22-15)17-3-2-8-24-17/h2-10H,1H3,(H,20,23)(H,21,22). The van der Waals surface area contributed by atoms with Gasteiger partial charge in [-0.1, -0.05) is 18.2 Å². The molecule has 0 atom stereocenters. The highest BCUT2D eigenvalue weighted by Gasteiger charge is 2.12. The van der Waals surface area contributed by atoms with E-state index < -0.39 is 0 Å². The lowest BCUT2D eigenvalue weighted by Gasteiger charge is -2.04. The molecule has 0 radical (unpaired) electrons. The van der Waals surface area contributed by atoms with Gasteiger partial charge in [0.05, 0.1) is 21.3 Å². The minimum absolute atomic E-state index is 0.240. The fourth-order valence-corrected chi connectivity index (χ4v) is 3.73. The van der Waals surface area contributed by atoms with Crippen LogP contribution in [0.25, 0.3) is 21.8 Å². The number of rotatable bonds is 4. The van der Waals surface area contributed by atoms with Crippen molar-refractivity contribution < 1.29 is 4.79 Å². The number of aryl methyl sites for hydroxylation is 1. The molecular weight excluding hydrogens is 352 g/mol. The van der Waals surface area contributed by atoms with E-state index >= 15 is 0 Å². The predicted octanol–water partition coefficient (Wildman–Crippen LogP) is 4.82. The molecule has 2 N–H and O–H groups in total. The summed E-state index contributed by atoms with van der Waals surface area (Å²) in [7, 11) is 0. The molecule has 0 saturated heterocycles. The van der Waals surface area contributed by atoms with E-state index in [1.807, 2.05) is 54.1 Å². The molecule has 0 saturated carbocycles. The SMILES string of the molecule is Cc1nc(-c2ccc(NC(=O)c3cc(-c4cccs4)[nH]n3)cc2)cs1. The van der Waals surface area contributed by atoms with Crippen LogP contribution in [0, 0.1) is 6.92 Å². The average molecular weight is 366 g/mol. The van der Waals surface area contributed by atoms with Crippen molar-refractivity contribution in [3.05, 3.63) is 63.9 Å². The molecule has 1 aromatic carbocycles. The molecule has 5 nitrogen and oxygen atoms in total. The molecule has 25 heavy (non-hydrogen) atoms. The van der Waals surface area contributed by atoms with Crippen molar-refractivity contribution in [1.82, 2.24) is 15.2 Å². The van der Waals surface area contributed by atoms with Crippen LogP contribution in [-0.2, 0) is 0 Å². The molecule has 4 aromatic rings. The second-order valence-electron chi connectivity index (χ2n) is 5.43. The van der Waals surface area contributed by atoms with Crippen LogP contribution < -0.4 is 5.32 Å². The summed E-state index contributed by atoms with van der Waals surface area (Å²) in [5.74, 6) is -0.240. The monoisotopic (exact) mass is 366 g/mol. The second kappa shape index (κ2) is 6.62. The van der Waals surface area contributed by atoms with Crippen molar-refractivity contribution in [3.63, 3.8) is 0 Å². The molecule has 1 amide bonds. The van der Waals surface area contributed by atoms with Gasteiger partial charge in [-0.15, -0.1) is 22.7 Å². The Morgan fingerprint density at radius 3 is 2.68 bits per heavy atom. The predicted molar refractivity (Wildman–Crippen MR) is 102 cm³/mol. The zero-order chi connectivity index (χ0) is 17.2. The maximum absolute atomic E-state index is 12.4. The minimum Gasteiger partial charge on any atom is -0.321 e. The van der Waals surface area contributed by atoms with E-state index in [0.717, 1.165) is 32.5 Å². The van der Waals surface area contributed by atoms with Gasteiger partial charge in [0.1, 0.15) is 0 Å². The van der Waals surface area contributed by atoms with Crippen LogP contribution in [0.2, 0.25) is 0 Å². The number of carbonyl (C=O) groups is 1. The van der Waals surface area contributed by atoms with Crippen LogP contribution in [0.5, 0.6) is 0 Å². The van der Waals surface area contributed by atoms with E-state index in [4.69, 9.17) is 0 Å². The Kier molecular flexibility index (Phi) is 4.17. The van der Waals surface area contributed by atoms with E-state index in [2.05, 4.69) is 20.5 Å². The van der Waals surface area contributed by atoms with Gasteiger partial charge >= 0.3 is 0 Å². The van der Waals surface area contributed by atoms with Gasteiger partial charge in [-0.2, -0.15) is 5.10 Å². The molecule has 0 aliphatic heterocycles. The normalized spacial score (nSPS) is 10.8. The van der Waals surface area contributed by atoms with Crippen molar-refractivity contribution >= 4 is 34.3 Å². The fourth-order valence-electron chi connectivity index (χ4n) is 2.41. The molecule has 0 unspecified atom stereocenters. The van der Waals surface area contributed by atoms with E-state index in [9.17, 15) is 4.79 Å². The largest absolute Gasteiger partial charge is 0.321 e. The quantitative estimate of drug-likeness (QED) is 0.544. The number of amides is 1. The first-order chi connectivity index (χ1) is 12.2. The molecular formula is C18H14N4OS2. The molecule has 0 spiro atoms. The maximum Gasteiger partial charge on any atom is 0.276 e. The Bertz CT molecular complexity index is 1000. The Labute approximate surface area is 152 Å². The van der Waals surface area contributed by atoms with Gasteiger partial charge in [-0.05, 0) is 36.6 Å². The van der Waals surface area contributed by atoms with Gasteiger partial charge in [0.15, 0.2) is 5.69 Å². The van der Waals surface area contributed by atoms with E-state index in [1.54, 1.807) is 28.7 Å². The Balaban J connectivity index is 1.47. The van der Waals surface area contributed by atoms with Gasteiger partial charge in [-0.3, -0.25) is 9.89 Å². The molecule has 0 aliphatic carbocycles. The Morgan fingerprint density at radius 2 is 2.00 bits per heavy atom. The van der Waals surface area contributed by atoms with Crippen molar-refractivity contribution in [2.75, 3.05) is 5.32 Å². The molecule has 0 bridgehead atoms. The number of anilines is 1. The number of benzene rings is 1. The molecule has 124 valence electrons. The van der Waals surface area contributed by atoms with Gasteiger partial charge in [0.2, 0.25) is 0 Å². The summed E-state index contributed by atoms with van der Waals surface area (Å²) in [6.45, 7) is 1.98. The Hall–Kier alpha value is -2.77. The van der Waals surface area contributed by atoms with E-state index in [0.29, 0.717) is 5.69 Å². The minimum atomic E-state index is -0.240. The summed E-state index contributed by atoms with van der Waals surface area (Å²) in [4.78, 5) is 17.9. The van der Waals surface area contributed by atoms with Gasteiger partial charge in [-0.25, -0.2) is 4.98 Å². The van der Waals surface area contributed by atoms with Crippen LogP contribution in [0.1, 0.15) is 15.5 Å². The number of hydrogen-bond donors (Lipinski definition) is 2. The van der Waals surface area contributed by atoms with Crippen LogP contribution in [0.4, 0.5) is 5.69 Å². The Morgan fingerprint density at radius 1 is 1.16 bits per heavy atom. The number of thiophene rings is 1. The topological polar surface area (TPSA) is 70.7 Å². The van der Waals surface area contributed by atoms with Crippen LogP contribution in [0.3, 0.4) is 0 Å². The summed E-state index contributed by atoms with van der Waals surface area (Å²) in [5, 5.41) is 14.9. The number of aromatic nitrogens is 3. The highest BCUT2D eigenvalue weighted by atomic mass is 32.1. The molecule has 7 heteroatoms. The van der Waals surface area contributed by atoms with Crippen molar-refractivity contribution in [2.45, 2.75) is 6.92 Å². The van der Waals surface area contributed by atoms with Gasteiger partial charge in [0.25, 0.3) is 5.91 Å². The maximum atomic E-state index is 12.4. The molecule has 0 fully saturated rings. The third kappa shape index (κ3) is 3.38. The molecule has 4 rings (SSSR count). The summed E-state index contributed by atoms with van der Waals surface area (Å²) in [6, 6.07) is 13.3. The number of nitrogens with zero attached hydrogens (tertiary/aromatic N) is 2. The lowest BCUT2D eigenvalue weighted by Crippen LogP contribution is -2.12. The van der Waals surface area contributed by atoms with Crippen LogP contribution >= 0.6 is 22.7 Å². The van der Waals surface area contributed by atoms with Gasteiger partial charge in [0, 0.05) is 16.6 Å².